The van der Waals surface area contributed by atoms with Crippen molar-refractivity contribution in [3.63, 3.8) is 0 Å². The maximum absolute atomic E-state index is 12.7. The fourth-order valence-electron chi connectivity index (χ4n) is 3.01. The van der Waals surface area contributed by atoms with Crippen LogP contribution in [0.15, 0.2) is 30.3 Å². The minimum Gasteiger partial charge on any atom is -0.451 e. The van der Waals surface area contributed by atoms with E-state index in [2.05, 4.69) is 10.6 Å². The van der Waals surface area contributed by atoms with E-state index in [9.17, 15) is 22.8 Å². The van der Waals surface area contributed by atoms with E-state index in [0.29, 0.717) is 18.4 Å². The summed E-state index contributed by atoms with van der Waals surface area (Å²) < 4.78 is 28.3. The van der Waals surface area contributed by atoms with Crippen molar-refractivity contribution in [3.8, 4) is 0 Å². The molecular weight excluding hydrogens is 396 g/mol. The second-order valence-electron chi connectivity index (χ2n) is 7.39. The molecule has 1 aliphatic heterocycles. The summed E-state index contributed by atoms with van der Waals surface area (Å²) in [6.45, 7) is 5.12. The zero-order valence-electron chi connectivity index (χ0n) is 16.9. The molecule has 2 amide bonds. The number of hydrogen-bond donors (Lipinski definition) is 2. The van der Waals surface area contributed by atoms with E-state index in [0.717, 1.165) is 0 Å². The van der Waals surface area contributed by atoms with Gasteiger partial charge in [0.2, 0.25) is 0 Å². The number of carbonyl (C=O) groups excluding carboxylic acids is 3. The molecule has 0 saturated carbocycles. The van der Waals surface area contributed by atoms with Gasteiger partial charge in [0.1, 0.15) is 6.04 Å². The molecule has 2 rings (SSSR count). The Morgan fingerprint density at radius 1 is 1.17 bits per heavy atom. The minimum absolute atomic E-state index is 0.0354. The van der Waals surface area contributed by atoms with Crippen LogP contribution in [0, 0.1) is 5.92 Å². The fourth-order valence-corrected chi connectivity index (χ4v) is 4.69. The zero-order chi connectivity index (χ0) is 21.6. The Bertz CT molecular complexity index is 840. The number of carbonyl (C=O) groups is 3. The second-order valence-corrected chi connectivity index (χ2v) is 9.62. The van der Waals surface area contributed by atoms with Gasteiger partial charge in [-0.2, -0.15) is 0 Å². The van der Waals surface area contributed by atoms with Gasteiger partial charge in [0.25, 0.3) is 11.8 Å². The third-order valence-corrected chi connectivity index (χ3v) is 6.80. The molecule has 1 heterocycles. The topological polar surface area (TPSA) is 119 Å². The maximum atomic E-state index is 12.7. The van der Waals surface area contributed by atoms with Crippen LogP contribution < -0.4 is 10.6 Å². The van der Waals surface area contributed by atoms with Crippen LogP contribution in [-0.4, -0.2) is 55.9 Å². The molecule has 0 radical (unpaired) electrons. The number of esters is 1. The Hall–Kier alpha value is -2.42. The first-order valence-electron chi connectivity index (χ1n) is 9.70. The number of hydrogen-bond acceptors (Lipinski definition) is 6. The first-order chi connectivity index (χ1) is 13.6. The number of sulfone groups is 1. The van der Waals surface area contributed by atoms with Crippen molar-refractivity contribution in [2.24, 2.45) is 5.92 Å². The normalized spacial score (nSPS) is 20.9. The third-order valence-electron chi connectivity index (χ3n) is 5.03. The molecule has 1 saturated heterocycles. The Labute approximate surface area is 171 Å². The van der Waals surface area contributed by atoms with Crippen molar-refractivity contribution in [2.75, 3.05) is 11.5 Å². The summed E-state index contributed by atoms with van der Waals surface area (Å²) in [6, 6.07) is 7.13. The summed E-state index contributed by atoms with van der Waals surface area (Å²) >= 11 is 0. The Morgan fingerprint density at radius 3 is 2.38 bits per heavy atom. The summed E-state index contributed by atoms with van der Waals surface area (Å²) in [4.78, 5) is 37.4. The third kappa shape index (κ3) is 6.56. The summed E-state index contributed by atoms with van der Waals surface area (Å²) in [5, 5.41) is 5.29. The molecule has 1 aromatic rings. The van der Waals surface area contributed by atoms with Gasteiger partial charge in [-0.1, -0.05) is 38.5 Å². The molecule has 4 atom stereocenters. The van der Waals surface area contributed by atoms with Gasteiger partial charge in [0.15, 0.2) is 15.9 Å². The van der Waals surface area contributed by atoms with Crippen LogP contribution in [-0.2, 0) is 24.2 Å². The van der Waals surface area contributed by atoms with E-state index in [4.69, 9.17) is 4.74 Å². The van der Waals surface area contributed by atoms with Crippen molar-refractivity contribution >= 4 is 27.6 Å². The van der Waals surface area contributed by atoms with Crippen molar-refractivity contribution in [1.82, 2.24) is 10.6 Å². The number of benzene rings is 1. The van der Waals surface area contributed by atoms with Crippen LogP contribution in [0.3, 0.4) is 0 Å². The van der Waals surface area contributed by atoms with Gasteiger partial charge in [-0.25, -0.2) is 13.2 Å². The highest BCUT2D eigenvalue weighted by molar-refractivity contribution is 7.91. The highest BCUT2D eigenvalue weighted by Crippen LogP contribution is 2.14. The highest BCUT2D eigenvalue weighted by Gasteiger charge is 2.33. The van der Waals surface area contributed by atoms with Crippen LogP contribution in [0.1, 0.15) is 44.0 Å². The summed E-state index contributed by atoms with van der Waals surface area (Å²) in [5.41, 5.74) is 0.418. The fraction of sp³-hybridized carbons (Fsp3) is 0.550. The van der Waals surface area contributed by atoms with E-state index in [1.165, 1.54) is 6.92 Å². The van der Waals surface area contributed by atoms with Gasteiger partial charge < -0.3 is 15.4 Å². The lowest BCUT2D eigenvalue weighted by Crippen LogP contribution is -2.49. The van der Waals surface area contributed by atoms with Gasteiger partial charge >= 0.3 is 5.97 Å². The van der Waals surface area contributed by atoms with Gasteiger partial charge in [0.05, 0.1) is 11.5 Å². The molecular formula is C20H28N2O6S. The van der Waals surface area contributed by atoms with Crippen molar-refractivity contribution in [3.05, 3.63) is 35.9 Å². The van der Waals surface area contributed by atoms with Gasteiger partial charge in [0, 0.05) is 11.6 Å². The molecule has 0 spiro atoms. The second kappa shape index (κ2) is 9.87. The predicted octanol–water partition coefficient (Wildman–Crippen LogP) is 1.07. The van der Waals surface area contributed by atoms with Crippen LogP contribution >= 0.6 is 0 Å². The number of amides is 2. The molecule has 9 heteroatoms. The monoisotopic (exact) mass is 424 g/mol. The molecule has 8 nitrogen and oxygen atoms in total. The zero-order valence-corrected chi connectivity index (χ0v) is 17.7. The maximum Gasteiger partial charge on any atom is 0.329 e. The average Bonchev–Trinajstić information content (AvgIpc) is 3.03. The van der Waals surface area contributed by atoms with Crippen LogP contribution in [0.5, 0.6) is 0 Å². The lowest BCUT2D eigenvalue weighted by atomic mass is 9.98. The number of rotatable bonds is 8. The van der Waals surface area contributed by atoms with Crippen molar-refractivity contribution in [2.45, 2.75) is 51.8 Å². The van der Waals surface area contributed by atoms with E-state index < -0.39 is 45.8 Å². The van der Waals surface area contributed by atoms with E-state index in [1.54, 1.807) is 30.3 Å². The van der Waals surface area contributed by atoms with Crippen LogP contribution in [0.4, 0.5) is 0 Å². The smallest absolute Gasteiger partial charge is 0.329 e. The Balaban J connectivity index is 1.97. The summed E-state index contributed by atoms with van der Waals surface area (Å²) in [7, 11) is -3.13. The van der Waals surface area contributed by atoms with Crippen molar-refractivity contribution in [1.29, 1.82) is 0 Å². The molecule has 160 valence electrons. The van der Waals surface area contributed by atoms with Crippen molar-refractivity contribution < 1.29 is 27.5 Å². The van der Waals surface area contributed by atoms with Crippen LogP contribution in [0.25, 0.3) is 0 Å². The Kier molecular flexibility index (Phi) is 7.78. The molecule has 1 aromatic carbocycles. The molecule has 0 aliphatic carbocycles. The molecule has 2 N–H and O–H groups in total. The van der Waals surface area contributed by atoms with E-state index in [1.807, 2.05) is 13.8 Å². The first kappa shape index (κ1) is 22.9. The Morgan fingerprint density at radius 2 is 1.83 bits per heavy atom. The molecule has 0 unspecified atom stereocenters. The largest absolute Gasteiger partial charge is 0.451 e. The van der Waals surface area contributed by atoms with E-state index >= 15 is 0 Å². The van der Waals surface area contributed by atoms with E-state index in [-0.39, 0.29) is 17.4 Å². The van der Waals surface area contributed by atoms with Crippen LogP contribution in [0.2, 0.25) is 0 Å². The number of nitrogens with one attached hydrogen (secondary N) is 2. The molecule has 0 aromatic heterocycles. The van der Waals surface area contributed by atoms with Gasteiger partial charge in [-0.15, -0.1) is 0 Å². The molecule has 1 fully saturated rings. The lowest BCUT2D eigenvalue weighted by Gasteiger charge is -2.25. The van der Waals surface area contributed by atoms with Gasteiger partial charge in [-0.05, 0) is 31.4 Å². The predicted molar refractivity (Wildman–Crippen MR) is 108 cm³/mol. The molecule has 1 aliphatic rings. The molecule has 0 bridgehead atoms. The summed E-state index contributed by atoms with van der Waals surface area (Å²) in [5.74, 6) is -1.94. The highest BCUT2D eigenvalue weighted by atomic mass is 32.2. The SMILES string of the molecule is CC[C@H](C)[C@H](NC(=O)c1ccccc1)C(=O)O[C@H](C)C(=O)N[C@H]1CCS(=O)(=O)C1. The minimum atomic E-state index is -3.13. The summed E-state index contributed by atoms with van der Waals surface area (Å²) in [6.07, 6.45) is -0.141. The lowest BCUT2D eigenvalue weighted by molar-refractivity contribution is -0.158. The first-order valence-corrected chi connectivity index (χ1v) is 11.5. The average molecular weight is 425 g/mol. The quantitative estimate of drug-likeness (QED) is 0.603. The number of ether oxygens (including phenoxy) is 1. The van der Waals surface area contributed by atoms with Gasteiger partial charge in [-0.3, -0.25) is 9.59 Å². The molecule has 29 heavy (non-hydrogen) atoms. The standard InChI is InChI=1S/C20H28N2O6S/c1-4-13(2)17(22-19(24)15-8-6-5-7-9-15)20(25)28-14(3)18(23)21-16-10-11-29(26,27)12-16/h5-9,13-14,16-17H,4,10-12H2,1-3H3,(H,21,23)(H,22,24)/t13-,14+,16-,17-/m0/s1.